The van der Waals surface area contributed by atoms with Gasteiger partial charge in [0.25, 0.3) is 0 Å². The number of rotatable bonds is 5. The van der Waals surface area contributed by atoms with E-state index in [1.807, 2.05) is 6.07 Å². The number of hydrogen-bond acceptors (Lipinski definition) is 3. The Morgan fingerprint density at radius 2 is 2.05 bits per heavy atom. The van der Waals surface area contributed by atoms with Crippen LogP contribution in [-0.2, 0) is 16.1 Å². The van der Waals surface area contributed by atoms with E-state index in [4.69, 9.17) is 0 Å². The number of amides is 2. The van der Waals surface area contributed by atoms with Crippen molar-refractivity contribution in [3.63, 3.8) is 0 Å². The smallest absolute Gasteiger partial charge is 0.244 e. The van der Waals surface area contributed by atoms with Gasteiger partial charge in [-0.1, -0.05) is 12.1 Å². The molecule has 1 aromatic carbocycles. The molecule has 0 unspecified atom stereocenters. The highest BCUT2D eigenvalue weighted by molar-refractivity contribution is 5.94. The maximum Gasteiger partial charge on any atom is 0.244 e. The summed E-state index contributed by atoms with van der Waals surface area (Å²) >= 11 is 0. The first-order chi connectivity index (χ1) is 10.5. The van der Waals surface area contributed by atoms with Crippen LogP contribution in [0.5, 0.6) is 0 Å². The average molecular weight is 301 g/mol. The Kier molecular flexibility index (Phi) is 5.19. The number of pyridine rings is 1. The standard InChI is InChI=1S/C16H16FN3O2/c1-12(21)20(10-15-6-2-3-8-18-15)11-16(22)19-14-7-4-5-13(17)9-14/h2-9H,10-11H2,1H3,(H,19,22). The number of hydrogen-bond donors (Lipinski definition) is 1. The summed E-state index contributed by atoms with van der Waals surface area (Å²) in [6.07, 6.45) is 1.63. The van der Waals surface area contributed by atoms with Gasteiger partial charge in [0.05, 0.1) is 12.2 Å². The van der Waals surface area contributed by atoms with E-state index in [1.165, 1.54) is 30.0 Å². The average Bonchev–Trinajstić information content (AvgIpc) is 2.47. The zero-order chi connectivity index (χ0) is 15.9. The van der Waals surface area contributed by atoms with Crippen molar-refractivity contribution in [1.82, 2.24) is 9.88 Å². The first-order valence-corrected chi connectivity index (χ1v) is 6.75. The fourth-order valence-corrected chi connectivity index (χ4v) is 1.91. The van der Waals surface area contributed by atoms with Crippen molar-refractivity contribution in [1.29, 1.82) is 0 Å². The van der Waals surface area contributed by atoms with Gasteiger partial charge in [0.2, 0.25) is 11.8 Å². The van der Waals surface area contributed by atoms with Crippen LogP contribution in [-0.4, -0.2) is 28.2 Å². The third kappa shape index (κ3) is 4.66. The predicted octanol–water partition coefficient (Wildman–Crippen LogP) is 2.21. The second kappa shape index (κ2) is 7.31. The lowest BCUT2D eigenvalue weighted by Crippen LogP contribution is -2.36. The Morgan fingerprint density at radius 3 is 2.68 bits per heavy atom. The Balaban J connectivity index is 1.98. The Labute approximate surface area is 127 Å². The molecule has 0 radical (unpaired) electrons. The zero-order valence-electron chi connectivity index (χ0n) is 12.1. The molecule has 0 saturated heterocycles. The summed E-state index contributed by atoms with van der Waals surface area (Å²) < 4.78 is 13.1. The van der Waals surface area contributed by atoms with E-state index in [1.54, 1.807) is 24.4 Å². The molecular formula is C16H16FN3O2. The molecule has 0 aliphatic heterocycles. The van der Waals surface area contributed by atoms with Crippen molar-refractivity contribution in [3.8, 4) is 0 Å². The van der Waals surface area contributed by atoms with E-state index in [0.717, 1.165) is 0 Å². The number of halogens is 1. The molecule has 0 saturated carbocycles. The molecule has 2 aromatic rings. The first-order valence-electron chi connectivity index (χ1n) is 6.75. The highest BCUT2D eigenvalue weighted by atomic mass is 19.1. The number of carbonyl (C=O) groups is 2. The molecular weight excluding hydrogens is 285 g/mol. The van der Waals surface area contributed by atoms with Crippen molar-refractivity contribution >= 4 is 17.5 Å². The molecule has 1 heterocycles. The molecule has 2 amide bonds. The summed E-state index contributed by atoms with van der Waals surface area (Å²) in [5.41, 5.74) is 1.04. The summed E-state index contributed by atoms with van der Waals surface area (Å²) in [6, 6.07) is 11.0. The van der Waals surface area contributed by atoms with Crippen molar-refractivity contribution in [2.45, 2.75) is 13.5 Å². The minimum atomic E-state index is -0.435. The van der Waals surface area contributed by atoms with Gasteiger partial charge in [-0.05, 0) is 30.3 Å². The maximum atomic E-state index is 13.1. The topological polar surface area (TPSA) is 62.3 Å². The molecule has 0 spiro atoms. The molecule has 1 N–H and O–H groups in total. The van der Waals surface area contributed by atoms with E-state index in [0.29, 0.717) is 11.4 Å². The van der Waals surface area contributed by atoms with Gasteiger partial charge in [-0.2, -0.15) is 0 Å². The minimum Gasteiger partial charge on any atom is -0.328 e. The molecule has 0 aliphatic carbocycles. The summed E-state index contributed by atoms with van der Waals surface area (Å²) in [4.78, 5) is 29.1. The van der Waals surface area contributed by atoms with Gasteiger partial charge in [0, 0.05) is 18.8 Å². The van der Waals surface area contributed by atoms with Crippen molar-refractivity contribution < 1.29 is 14.0 Å². The van der Waals surface area contributed by atoms with Gasteiger partial charge in [-0.15, -0.1) is 0 Å². The van der Waals surface area contributed by atoms with Crippen LogP contribution in [0.15, 0.2) is 48.7 Å². The SMILES string of the molecule is CC(=O)N(CC(=O)Nc1cccc(F)c1)Cc1ccccn1. The number of nitrogens with zero attached hydrogens (tertiary/aromatic N) is 2. The van der Waals surface area contributed by atoms with Crippen LogP contribution in [0.2, 0.25) is 0 Å². The lowest BCUT2D eigenvalue weighted by molar-refractivity contribution is -0.133. The lowest BCUT2D eigenvalue weighted by Gasteiger charge is -2.20. The predicted molar refractivity (Wildman–Crippen MR) is 80.4 cm³/mol. The van der Waals surface area contributed by atoms with Crippen LogP contribution in [0.1, 0.15) is 12.6 Å². The zero-order valence-corrected chi connectivity index (χ0v) is 12.1. The second-order valence-corrected chi connectivity index (χ2v) is 4.75. The number of carbonyl (C=O) groups excluding carboxylic acids is 2. The Hall–Kier alpha value is -2.76. The molecule has 22 heavy (non-hydrogen) atoms. The summed E-state index contributed by atoms with van der Waals surface area (Å²) in [6.45, 7) is 1.51. The van der Waals surface area contributed by atoms with E-state index >= 15 is 0 Å². The summed E-state index contributed by atoms with van der Waals surface area (Å²) in [5.74, 6) is -1.06. The summed E-state index contributed by atoms with van der Waals surface area (Å²) in [5, 5.41) is 2.56. The van der Waals surface area contributed by atoms with Crippen molar-refractivity contribution in [2.24, 2.45) is 0 Å². The van der Waals surface area contributed by atoms with Crippen LogP contribution in [0.4, 0.5) is 10.1 Å². The number of aromatic nitrogens is 1. The second-order valence-electron chi connectivity index (χ2n) is 4.75. The quantitative estimate of drug-likeness (QED) is 0.921. The van der Waals surface area contributed by atoms with Crippen LogP contribution in [0.3, 0.4) is 0 Å². The van der Waals surface area contributed by atoms with E-state index in [2.05, 4.69) is 10.3 Å². The monoisotopic (exact) mass is 301 g/mol. The fourth-order valence-electron chi connectivity index (χ4n) is 1.91. The third-order valence-corrected chi connectivity index (χ3v) is 2.97. The normalized spacial score (nSPS) is 10.1. The van der Waals surface area contributed by atoms with Gasteiger partial charge >= 0.3 is 0 Å². The van der Waals surface area contributed by atoms with Gasteiger partial charge in [0.1, 0.15) is 12.4 Å². The molecule has 114 valence electrons. The van der Waals surface area contributed by atoms with Crippen molar-refractivity contribution in [3.05, 3.63) is 60.2 Å². The Bertz CT molecular complexity index is 661. The van der Waals surface area contributed by atoms with Gasteiger partial charge in [-0.3, -0.25) is 14.6 Å². The van der Waals surface area contributed by atoms with Crippen molar-refractivity contribution in [2.75, 3.05) is 11.9 Å². The van der Waals surface area contributed by atoms with Crippen LogP contribution < -0.4 is 5.32 Å². The molecule has 0 fully saturated rings. The molecule has 0 atom stereocenters. The number of anilines is 1. The van der Waals surface area contributed by atoms with Crippen LogP contribution in [0.25, 0.3) is 0 Å². The van der Waals surface area contributed by atoms with Gasteiger partial charge < -0.3 is 10.2 Å². The number of benzene rings is 1. The van der Waals surface area contributed by atoms with E-state index in [9.17, 15) is 14.0 Å². The van der Waals surface area contributed by atoms with E-state index < -0.39 is 11.7 Å². The van der Waals surface area contributed by atoms with E-state index in [-0.39, 0.29) is 19.0 Å². The molecule has 5 nitrogen and oxygen atoms in total. The molecule has 2 rings (SSSR count). The maximum absolute atomic E-state index is 13.1. The lowest BCUT2D eigenvalue weighted by atomic mass is 10.3. The van der Waals surface area contributed by atoms with Crippen LogP contribution in [0, 0.1) is 5.82 Å². The highest BCUT2D eigenvalue weighted by Crippen LogP contribution is 2.09. The highest BCUT2D eigenvalue weighted by Gasteiger charge is 2.15. The third-order valence-electron chi connectivity index (χ3n) is 2.97. The molecule has 1 aromatic heterocycles. The minimum absolute atomic E-state index is 0.123. The van der Waals surface area contributed by atoms with Gasteiger partial charge in [0.15, 0.2) is 0 Å². The molecule has 6 heteroatoms. The number of nitrogens with one attached hydrogen (secondary N) is 1. The molecule has 0 aliphatic rings. The molecule has 0 bridgehead atoms. The van der Waals surface area contributed by atoms with Crippen LogP contribution >= 0.6 is 0 Å². The largest absolute Gasteiger partial charge is 0.328 e. The fraction of sp³-hybridized carbons (Fsp3) is 0.188. The van der Waals surface area contributed by atoms with Gasteiger partial charge in [-0.25, -0.2) is 4.39 Å². The Morgan fingerprint density at radius 1 is 1.23 bits per heavy atom. The summed E-state index contributed by atoms with van der Waals surface area (Å²) in [7, 11) is 0. The first kappa shape index (κ1) is 15.6.